The molecule has 20 heavy (non-hydrogen) atoms. The molecule has 3 rings (SSSR count). The summed E-state index contributed by atoms with van der Waals surface area (Å²) < 4.78 is 6.34. The zero-order valence-electron chi connectivity index (χ0n) is 11.5. The Morgan fingerprint density at radius 1 is 1.40 bits per heavy atom. The third kappa shape index (κ3) is 2.47. The lowest BCUT2D eigenvalue weighted by molar-refractivity contribution is 0.415. The number of piperidine rings is 1. The van der Waals surface area contributed by atoms with Gasteiger partial charge in [0.2, 0.25) is 0 Å². The molecule has 0 radical (unpaired) electrons. The predicted molar refractivity (Wildman–Crippen MR) is 85.4 cm³/mol. The number of nitrogens with two attached hydrogens (primary N) is 1. The number of fused-ring (bicyclic) bond motifs is 1. The summed E-state index contributed by atoms with van der Waals surface area (Å²) in [4.78, 5) is 6.89. The van der Waals surface area contributed by atoms with E-state index < -0.39 is 0 Å². The van der Waals surface area contributed by atoms with Crippen LogP contribution < -0.4 is 15.4 Å². The van der Waals surface area contributed by atoms with Gasteiger partial charge in [-0.3, -0.25) is 0 Å². The number of halogens is 1. The summed E-state index contributed by atoms with van der Waals surface area (Å²) in [6.45, 7) is 1.87. The molecule has 0 saturated carbocycles. The zero-order chi connectivity index (χ0) is 14.1. The third-order valence-corrected chi connectivity index (χ3v) is 4.41. The molecule has 1 aliphatic rings. The number of ether oxygens (including phenoxy) is 1. The molecule has 0 unspecified atom stereocenters. The van der Waals surface area contributed by atoms with E-state index in [0.29, 0.717) is 0 Å². The molecule has 1 fully saturated rings. The van der Waals surface area contributed by atoms with Crippen LogP contribution in [0.3, 0.4) is 0 Å². The van der Waals surface area contributed by atoms with Crippen LogP contribution >= 0.6 is 15.9 Å². The minimum atomic E-state index is 0.231. The zero-order valence-corrected chi connectivity index (χ0v) is 13.1. The Morgan fingerprint density at radius 2 is 2.25 bits per heavy atom. The molecule has 2 heterocycles. The molecule has 1 aliphatic heterocycles. The van der Waals surface area contributed by atoms with Crippen LogP contribution in [0.15, 0.2) is 28.9 Å². The summed E-state index contributed by atoms with van der Waals surface area (Å²) in [7, 11) is 1.68. The fraction of sp³-hybridized carbons (Fsp3) is 0.400. The van der Waals surface area contributed by atoms with Gasteiger partial charge in [0.05, 0.1) is 7.11 Å². The number of pyridine rings is 1. The molecule has 5 heteroatoms. The highest BCUT2D eigenvalue weighted by molar-refractivity contribution is 9.10. The molecular weight excluding hydrogens is 318 g/mol. The van der Waals surface area contributed by atoms with Crippen LogP contribution in [-0.4, -0.2) is 31.2 Å². The van der Waals surface area contributed by atoms with Crippen molar-refractivity contribution < 1.29 is 4.74 Å². The van der Waals surface area contributed by atoms with Crippen molar-refractivity contribution in [1.29, 1.82) is 0 Å². The molecule has 1 aromatic carbocycles. The van der Waals surface area contributed by atoms with Gasteiger partial charge in [-0.05, 0) is 47.0 Å². The van der Waals surface area contributed by atoms with Crippen molar-refractivity contribution in [2.24, 2.45) is 5.73 Å². The predicted octanol–water partition coefficient (Wildman–Crippen LogP) is 2.93. The molecular formula is C15H18BrN3O. The fourth-order valence-electron chi connectivity index (χ4n) is 2.75. The van der Waals surface area contributed by atoms with Gasteiger partial charge in [-0.15, -0.1) is 0 Å². The summed E-state index contributed by atoms with van der Waals surface area (Å²) >= 11 is 3.57. The highest BCUT2D eigenvalue weighted by atomic mass is 79.9. The lowest BCUT2D eigenvalue weighted by Crippen LogP contribution is -2.43. The first kappa shape index (κ1) is 13.6. The number of hydrogen-bond donors (Lipinski definition) is 1. The lowest BCUT2D eigenvalue weighted by Gasteiger charge is -2.32. The highest BCUT2D eigenvalue weighted by Gasteiger charge is 2.20. The highest BCUT2D eigenvalue weighted by Crippen LogP contribution is 2.33. The molecule has 0 aliphatic carbocycles. The largest absolute Gasteiger partial charge is 0.497 e. The Labute approximate surface area is 127 Å². The molecule has 0 spiro atoms. The maximum Gasteiger partial charge on any atom is 0.136 e. The van der Waals surface area contributed by atoms with E-state index in [1.807, 2.05) is 18.3 Å². The van der Waals surface area contributed by atoms with Gasteiger partial charge in [-0.2, -0.15) is 0 Å². The van der Waals surface area contributed by atoms with E-state index >= 15 is 0 Å². The molecule has 1 atom stereocenters. The minimum Gasteiger partial charge on any atom is -0.497 e. The number of benzene rings is 1. The van der Waals surface area contributed by atoms with Crippen molar-refractivity contribution in [3.63, 3.8) is 0 Å². The van der Waals surface area contributed by atoms with Crippen LogP contribution in [0.4, 0.5) is 5.82 Å². The Kier molecular flexibility index (Phi) is 3.81. The summed E-state index contributed by atoms with van der Waals surface area (Å²) in [6, 6.07) is 6.31. The summed E-state index contributed by atoms with van der Waals surface area (Å²) in [6.07, 6.45) is 4.07. The smallest absolute Gasteiger partial charge is 0.136 e. The maximum absolute atomic E-state index is 6.09. The molecule has 1 saturated heterocycles. The molecule has 106 valence electrons. The first-order chi connectivity index (χ1) is 9.69. The Hall–Kier alpha value is -1.33. The third-order valence-electron chi connectivity index (χ3n) is 3.78. The Morgan fingerprint density at radius 3 is 3.00 bits per heavy atom. The van der Waals surface area contributed by atoms with E-state index in [1.165, 1.54) is 0 Å². The minimum absolute atomic E-state index is 0.231. The van der Waals surface area contributed by atoms with Crippen molar-refractivity contribution >= 4 is 32.5 Å². The standard InChI is InChI=1S/C15H18BrN3O/c1-20-11-4-5-12-13(7-11)15(18-8-14(12)16)19-6-2-3-10(17)9-19/h4-5,7-8,10H,2-3,6,9,17H2,1H3/t10-/m0/s1. The number of hydrogen-bond acceptors (Lipinski definition) is 4. The van der Waals surface area contributed by atoms with Gasteiger partial charge in [0.25, 0.3) is 0 Å². The summed E-state index contributed by atoms with van der Waals surface area (Å²) in [5, 5.41) is 2.25. The van der Waals surface area contributed by atoms with Crippen LogP contribution in [0.1, 0.15) is 12.8 Å². The van der Waals surface area contributed by atoms with Crippen molar-refractivity contribution in [1.82, 2.24) is 4.98 Å². The molecule has 2 aromatic rings. The quantitative estimate of drug-likeness (QED) is 0.916. The fourth-order valence-corrected chi connectivity index (χ4v) is 3.20. The number of anilines is 1. The monoisotopic (exact) mass is 335 g/mol. The van der Waals surface area contributed by atoms with Gasteiger partial charge in [0, 0.05) is 40.6 Å². The normalized spacial score (nSPS) is 19.4. The van der Waals surface area contributed by atoms with Gasteiger partial charge < -0.3 is 15.4 Å². The summed E-state index contributed by atoms with van der Waals surface area (Å²) in [5.74, 6) is 1.84. The van der Waals surface area contributed by atoms with Crippen LogP contribution in [0.2, 0.25) is 0 Å². The van der Waals surface area contributed by atoms with E-state index in [0.717, 1.165) is 52.7 Å². The number of rotatable bonds is 2. The number of methoxy groups -OCH3 is 1. The Bertz CT molecular complexity index is 632. The first-order valence-electron chi connectivity index (χ1n) is 6.82. The average Bonchev–Trinajstić information content (AvgIpc) is 2.47. The van der Waals surface area contributed by atoms with Crippen LogP contribution in [0.25, 0.3) is 10.8 Å². The first-order valence-corrected chi connectivity index (χ1v) is 7.61. The van der Waals surface area contributed by atoms with Gasteiger partial charge in [-0.25, -0.2) is 4.98 Å². The van der Waals surface area contributed by atoms with Gasteiger partial charge >= 0.3 is 0 Å². The maximum atomic E-state index is 6.09. The number of nitrogens with zero attached hydrogens (tertiary/aromatic N) is 2. The SMILES string of the molecule is COc1ccc2c(Br)cnc(N3CCC[C@H](N)C3)c2c1. The molecule has 0 bridgehead atoms. The summed E-state index contributed by atoms with van der Waals surface area (Å²) in [5.41, 5.74) is 6.09. The molecule has 0 amide bonds. The molecule has 4 nitrogen and oxygen atoms in total. The molecule has 1 aromatic heterocycles. The van der Waals surface area contributed by atoms with E-state index in [4.69, 9.17) is 10.5 Å². The number of aromatic nitrogens is 1. The van der Waals surface area contributed by atoms with Gasteiger partial charge in [0.15, 0.2) is 0 Å². The Balaban J connectivity index is 2.11. The van der Waals surface area contributed by atoms with Crippen molar-refractivity contribution in [2.45, 2.75) is 18.9 Å². The second-order valence-electron chi connectivity index (χ2n) is 5.19. The van der Waals surface area contributed by atoms with E-state index in [1.54, 1.807) is 7.11 Å². The second-order valence-corrected chi connectivity index (χ2v) is 6.04. The van der Waals surface area contributed by atoms with Gasteiger partial charge in [-0.1, -0.05) is 0 Å². The van der Waals surface area contributed by atoms with E-state index in [-0.39, 0.29) is 6.04 Å². The van der Waals surface area contributed by atoms with E-state index in [9.17, 15) is 0 Å². The molecule has 2 N–H and O–H groups in total. The van der Waals surface area contributed by atoms with Crippen molar-refractivity contribution in [3.8, 4) is 5.75 Å². The van der Waals surface area contributed by atoms with Crippen molar-refractivity contribution in [2.75, 3.05) is 25.1 Å². The average molecular weight is 336 g/mol. The van der Waals surface area contributed by atoms with E-state index in [2.05, 4.69) is 31.9 Å². The topological polar surface area (TPSA) is 51.4 Å². The van der Waals surface area contributed by atoms with Crippen molar-refractivity contribution in [3.05, 3.63) is 28.9 Å². The van der Waals surface area contributed by atoms with Crippen LogP contribution in [-0.2, 0) is 0 Å². The van der Waals surface area contributed by atoms with Crippen LogP contribution in [0.5, 0.6) is 5.75 Å². The lowest BCUT2D eigenvalue weighted by atomic mass is 10.1. The van der Waals surface area contributed by atoms with Crippen LogP contribution in [0, 0.1) is 0 Å². The van der Waals surface area contributed by atoms with Gasteiger partial charge in [0.1, 0.15) is 11.6 Å². The second kappa shape index (κ2) is 5.58.